The molecule has 2 aromatic carbocycles. The number of Topliss-reactive ketones (excluding diaryl/α,β-unsaturated/α-hetero) is 1. The van der Waals surface area contributed by atoms with E-state index in [0.717, 1.165) is 33.5 Å². The summed E-state index contributed by atoms with van der Waals surface area (Å²) in [6.45, 7) is 5.70. The molecule has 2 aromatic heterocycles. The third kappa shape index (κ3) is 6.13. The molecule has 0 aliphatic carbocycles. The fraction of sp³-hybridized carbons (Fsp3) is 0.208. The molecule has 0 bridgehead atoms. The first kappa shape index (κ1) is 23.4. The van der Waals surface area contributed by atoms with Crippen molar-refractivity contribution >= 4 is 38.8 Å². The molecular formula is C24H22F3N3OS. The number of nitrogens with one attached hydrogen (secondary N) is 1. The van der Waals surface area contributed by atoms with Crippen molar-refractivity contribution in [3.63, 3.8) is 0 Å². The minimum atomic E-state index is -4.30. The van der Waals surface area contributed by atoms with Crippen LogP contribution in [0, 0.1) is 0 Å². The number of carbonyl (C=O) groups is 1. The van der Waals surface area contributed by atoms with Gasteiger partial charge in [0, 0.05) is 33.9 Å². The predicted octanol–water partition coefficient (Wildman–Crippen LogP) is 7.47. The van der Waals surface area contributed by atoms with Crippen molar-refractivity contribution < 1.29 is 18.0 Å². The molecule has 0 aliphatic heterocycles. The zero-order valence-electron chi connectivity index (χ0n) is 17.8. The third-order valence-electron chi connectivity index (χ3n) is 4.57. The minimum absolute atomic E-state index is 0.0887. The average Bonchev–Trinajstić information content (AvgIpc) is 3.22. The van der Waals surface area contributed by atoms with Crippen molar-refractivity contribution in [2.45, 2.75) is 32.9 Å². The lowest BCUT2D eigenvalue weighted by atomic mass is 10.1. The van der Waals surface area contributed by atoms with Crippen LogP contribution in [0.25, 0.3) is 10.9 Å². The number of rotatable bonds is 4. The van der Waals surface area contributed by atoms with E-state index in [4.69, 9.17) is 0 Å². The molecule has 4 aromatic rings. The normalized spacial score (nSPS) is 11.2. The summed E-state index contributed by atoms with van der Waals surface area (Å²) in [6.07, 6.45) is -0.776. The molecule has 8 heteroatoms. The van der Waals surface area contributed by atoms with Gasteiger partial charge in [-0.3, -0.25) is 9.78 Å². The Hall–Kier alpha value is -3.26. The highest BCUT2D eigenvalue weighted by Crippen LogP contribution is 2.31. The predicted molar refractivity (Wildman–Crippen MR) is 123 cm³/mol. The minimum Gasteiger partial charge on any atom is -0.332 e. The second kappa shape index (κ2) is 9.91. The van der Waals surface area contributed by atoms with Crippen LogP contribution in [0.5, 0.6) is 0 Å². The highest BCUT2D eigenvalue weighted by molar-refractivity contribution is 7.15. The van der Waals surface area contributed by atoms with Crippen molar-refractivity contribution in [3.8, 4) is 0 Å². The van der Waals surface area contributed by atoms with E-state index in [9.17, 15) is 18.0 Å². The molecule has 0 saturated heterocycles. The van der Waals surface area contributed by atoms with E-state index in [2.05, 4.69) is 29.1 Å². The molecule has 4 rings (SSSR count). The number of aromatic nitrogens is 2. The summed E-state index contributed by atoms with van der Waals surface area (Å²) in [6, 6.07) is 14.3. The number of fused-ring (bicyclic) bond motifs is 1. The van der Waals surface area contributed by atoms with Gasteiger partial charge in [0.1, 0.15) is 0 Å². The van der Waals surface area contributed by atoms with Crippen LogP contribution >= 0.6 is 11.3 Å². The topological polar surface area (TPSA) is 54.9 Å². The van der Waals surface area contributed by atoms with Gasteiger partial charge in [0.25, 0.3) is 0 Å². The highest BCUT2D eigenvalue weighted by atomic mass is 32.1. The monoisotopic (exact) mass is 457 g/mol. The number of anilines is 2. The first-order chi connectivity index (χ1) is 15.1. The van der Waals surface area contributed by atoms with Crippen LogP contribution in [0.15, 0.2) is 67.0 Å². The van der Waals surface area contributed by atoms with Crippen molar-refractivity contribution in [2.75, 3.05) is 5.32 Å². The van der Waals surface area contributed by atoms with Crippen LogP contribution in [-0.2, 0) is 6.18 Å². The molecule has 1 N–H and O–H groups in total. The fourth-order valence-corrected chi connectivity index (χ4v) is 3.61. The van der Waals surface area contributed by atoms with Crippen LogP contribution in [0.4, 0.5) is 24.0 Å². The smallest absolute Gasteiger partial charge is 0.332 e. The van der Waals surface area contributed by atoms with E-state index in [1.54, 1.807) is 25.4 Å². The molecule has 4 nitrogen and oxygen atoms in total. The van der Waals surface area contributed by atoms with Crippen molar-refractivity contribution in [2.24, 2.45) is 0 Å². The van der Waals surface area contributed by atoms with E-state index in [1.807, 2.05) is 24.3 Å². The van der Waals surface area contributed by atoms with E-state index in [-0.39, 0.29) is 5.78 Å². The number of ketones is 1. The lowest BCUT2D eigenvalue weighted by Crippen LogP contribution is -2.04. The molecule has 0 unspecified atom stereocenters. The highest BCUT2D eigenvalue weighted by Gasteiger charge is 2.29. The van der Waals surface area contributed by atoms with Gasteiger partial charge in [-0.15, -0.1) is 11.3 Å². The molecule has 0 spiro atoms. The van der Waals surface area contributed by atoms with Gasteiger partial charge in [0.2, 0.25) is 0 Å². The Labute approximate surface area is 188 Å². The zero-order valence-corrected chi connectivity index (χ0v) is 18.6. The Bertz CT molecular complexity index is 1200. The lowest BCUT2D eigenvalue weighted by molar-refractivity contribution is -0.137. The average molecular weight is 458 g/mol. The summed E-state index contributed by atoms with van der Waals surface area (Å²) in [4.78, 5) is 20.6. The Morgan fingerprint density at radius 3 is 2.34 bits per heavy atom. The van der Waals surface area contributed by atoms with Gasteiger partial charge in [0.15, 0.2) is 10.9 Å². The molecular weight excluding hydrogens is 435 g/mol. The first-order valence-electron chi connectivity index (χ1n) is 9.89. The summed E-state index contributed by atoms with van der Waals surface area (Å²) in [5.74, 6) is 0.478. The van der Waals surface area contributed by atoms with E-state index in [0.29, 0.717) is 16.7 Å². The quantitative estimate of drug-likeness (QED) is 0.323. The zero-order chi connectivity index (χ0) is 23.3. The molecule has 32 heavy (non-hydrogen) atoms. The number of carbonyl (C=O) groups excluding carboxylic acids is 1. The van der Waals surface area contributed by atoms with Gasteiger partial charge in [-0.25, -0.2) is 4.98 Å². The summed E-state index contributed by atoms with van der Waals surface area (Å²) in [5.41, 5.74) is 1.60. The van der Waals surface area contributed by atoms with Crippen LogP contribution < -0.4 is 5.32 Å². The molecule has 0 aliphatic rings. The molecule has 2 heterocycles. The third-order valence-corrected chi connectivity index (χ3v) is 5.78. The van der Waals surface area contributed by atoms with E-state index >= 15 is 0 Å². The second-order valence-corrected chi connectivity index (χ2v) is 8.45. The molecule has 0 radical (unpaired) electrons. The number of thiazole rings is 1. The summed E-state index contributed by atoms with van der Waals surface area (Å²) < 4.78 is 37.2. The van der Waals surface area contributed by atoms with Gasteiger partial charge in [-0.1, -0.05) is 19.9 Å². The number of alkyl halides is 3. The molecule has 0 saturated carbocycles. The second-order valence-electron chi connectivity index (χ2n) is 7.39. The van der Waals surface area contributed by atoms with Gasteiger partial charge in [0.05, 0.1) is 11.1 Å². The van der Waals surface area contributed by atoms with Gasteiger partial charge in [-0.05, 0) is 61.4 Å². The maximum absolute atomic E-state index is 12.4. The van der Waals surface area contributed by atoms with E-state index < -0.39 is 11.7 Å². The SMILES string of the molecule is CC(=O)c1ccc2ncccc2c1.CC(C)c1cnc(Nc2ccc(C(F)(F)F)cc2)s1. The van der Waals surface area contributed by atoms with Crippen LogP contribution in [0.3, 0.4) is 0 Å². The fourth-order valence-electron chi connectivity index (χ4n) is 2.77. The van der Waals surface area contributed by atoms with Gasteiger partial charge in [-0.2, -0.15) is 13.2 Å². The Balaban J connectivity index is 0.000000193. The Morgan fingerprint density at radius 2 is 1.75 bits per heavy atom. The molecule has 0 fully saturated rings. The van der Waals surface area contributed by atoms with Crippen molar-refractivity contribution in [1.29, 1.82) is 0 Å². The van der Waals surface area contributed by atoms with Crippen molar-refractivity contribution in [1.82, 2.24) is 9.97 Å². The standard InChI is InChI=1S/C13H13F3N2S.C11H9NO/c1-8(2)11-7-17-12(19-11)18-10-5-3-9(4-6-10)13(14,15)16;1-8(13)9-4-5-11-10(7-9)3-2-6-12-11/h3-8H,1-2H3,(H,17,18);2-7H,1H3. The summed E-state index contributed by atoms with van der Waals surface area (Å²) in [7, 11) is 0. The maximum atomic E-state index is 12.4. The van der Waals surface area contributed by atoms with Crippen LogP contribution in [0.2, 0.25) is 0 Å². The number of hydrogen-bond donors (Lipinski definition) is 1. The van der Waals surface area contributed by atoms with Crippen LogP contribution in [0.1, 0.15) is 47.5 Å². The first-order valence-corrected chi connectivity index (χ1v) is 10.7. The van der Waals surface area contributed by atoms with E-state index in [1.165, 1.54) is 23.5 Å². The number of halogens is 3. The van der Waals surface area contributed by atoms with Crippen LogP contribution in [-0.4, -0.2) is 15.8 Å². The molecule has 166 valence electrons. The number of benzene rings is 2. The molecule has 0 atom stereocenters. The largest absolute Gasteiger partial charge is 0.416 e. The number of hydrogen-bond acceptors (Lipinski definition) is 5. The maximum Gasteiger partial charge on any atom is 0.416 e. The lowest BCUT2D eigenvalue weighted by Gasteiger charge is -2.07. The number of nitrogens with zero attached hydrogens (tertiary/aromatic N) is 2. The summed E-state index contributed by atoms with van der Waals surface area (Å²) >= 11 is 1.50. The van der Waals surface area contributed by atoms with Crippen molar-refractivity contribution in [3.05, 3.63) is 83.0 Å². The Kier molecular flexibility index (Phi) is 7.25. The van der Waals surface area contributed by atoms with Gasteiger partial charge < -0.3 is 5.32 Å². The summed E-state index contributed by atoms with van der Waals surface area (Å²) in [5, 5.41) is 4.69. The van der Waals surface area contributed by atoms with Gasteiger partial charge >= 0.3 is 6.18 Å². The Morgan fingerprint density at radius 1 is 1.03 bits per heavy atom. The molecule has 0 amide bonds. The number of pyridine rings is 1.